The number of aliphatic hydroxyl groups is 1. The maximum absolute atomic E-state index is 9.23. The minimum absolute atomic E-state index is 0.101. The van der Waals surface area contributed by atoms with Crippen LogP contribution in [0, 0.1) is 5.41 Å². The number of aliphatic hydroxyl groups excluding tert-OH is 1. The largest absolute Gasteiger partial charge is 0.391 e. The zero-order valence-corrected chi connectivity index (χ0v) is 11.7. The van der Waals surface area contributed by atoms with E-state index in [4.69, 9.17) is 0 Å². The van der Waals surface area contributed by atoms with Crippen LogP contribution in [0.15, 0.2) is 0 Å². The predicted molar refractivity (Wildman–Crippen MR) is 70.1 cm³/mol. The van der Waals surface area contributed by atoms with E-state index in [2.05, 4.69) is 44.6 Å². The van der Waals surface area contributed by atoms with Gasteiger partial charge in [0.25, 0.3) is 0 Å². The maximum Gasteiger partial charge on any atom is 0.185 e. The van der Waals surface area contributed by atoms with Gasteiger partial charge in [0.2, 0.25) is 0 Å². The van der Waals surface area contributed by atoms with E-state index < -0.39 is 0 Å². The van der Waals surface area contributed by atoms with Crippen molar-refractivity contribution < 1.29 is 5.11 Å². The Balaban J connectivity index is 2.83. The van der Waals surface area contributed by atoms with Crippen molar-refractivity contribution in [1.82, 2.24) is 4.98 Å². The van der Waals surface area contributed by atoms with E-state index in [1.165, 1.54) is 0 Å². The number of thiazole rings is 1. The van der Waals surface area contributed by atoms with Gasteiger partial charge in [-0.25, -0.2) is 4.98 Å². The third-order valence-electron chi connectivity index (χ3n) is 2.28. The molecule has 0 fully saturated rings. The highest BCUT2D eigenvalue weighted by Crippen LogP contribution is 2.28. The van der Waals surface area contributed by atoms with Gasteiger partial charge in [-0.05, 0) is 11.8 Å². The van der Waals surface area contributed by atoms with Crippen LogP contribution in [0.2, 0.25) is 0 Å². The average molecular weight is 242 g/mol. The summed E-state index contributed by atoms with van der Waals surface area (Å²) in [6.45, 7) is 9.78. The Kier molecular flexibility index (Phi) is 4.33. The molecule has 3 nitrogen and oxygen atoms in total. The van der Waals surface area contributed by atoms with Gasteiger partial charge >= 0.3 is 0 Å². The molecule has 0 saturated heterocycles. The van der Waals surface area contributed by atoms with Gasteiger partial charge in [-0.1, -0.05) is 39.0 Å². The van der Waals surface area contributed by atoms with E-state index in [1.807, 2.05) is 0 Å². The number of aromatic nitrogens is 1. The van der Waals surface area contributed by atoms with Gasteiger partial charge in [0.15, 0.2) is 5.13 Å². The molecule has 0 bridgehead atoms. The fourth-order valence-electron chi connectivity index (χ4n) is 1.71. The van der Waals surface area contributed by atoms with Crippen LogP contribution in [0.3, 0.4) is 0 Å². The van der Waals surface area contributed by atoms with Crippen molar-refractivity contribution in [2.45, 2.75) is 40.7 Å². The van der Waals surface area contributed by atoms with Crippen molar-refractivity contribution in [3.63, 3.8) is 0 Å². The lowest BCUT2D eigenvalue weighted by atomic mass is 9.96. The van der Waals surface area contributed by atoms with Gasteiger partial charge in [0, 0.05) is 13.6 Å². The van der Waals surface area contributed by atoms with E-state index in [0.717, 1.165) is 28.7 Å². The first kappa shape index (κ1) is 13.5. The first-order valence-electron chi connectivity index (χ1n) is 5.68. The summed E-state index contributed by atoms with van der Waals surface area (Å²) in [6.07, 6.45) is 0.885. The second kappa shape index (κ2) is 5.15. The Labute approximate surface area is 102 Å². The van der Waals surface area contributed by atoms with Crippen LogP contribution in [-0.2, 0) is 13.0 Å². The molecule has 16 heavy (non-hydrogen) atoms. The lowest BCUT2D eigenvalue weighted by molar-refractivity contribution is 0.284. The Morgan fingerprint density at radius 1 is 1.38 bits per heavy atom. The molecule has 4 heteroatoms. The van der Waals surface area contributed by atoms with Gasteiger partial charge in [-0.15, -0.1) is 0 Å². The van der Waals surface area contributed by atoms with Gasteiger partial charge in [-0.2, -0.15) is 0 Å². The highest BCUT2D eigenvalue weighted by Gasteiger charge is 2.17. The number of aryl methyl sites for hydroxylation is 1. The minimum Gasteiger partial charge on any atom is -0.391 e. The number of nitrogens with zero attached hydrogens (tertiary/aromatic N) is 2. The number of rotatable bonds is 4. The normalized spacial score (nSPS) is 11.9. The molecule has 1 heterocycles. The minimum atomic E-state index is 0.101. The number of hydrogen-bond acceptors (Lipinski definition) is 4. The molecular weight excluding hydrogens is 220 g/mol. The smallest absolute Gasteiger partial charge is 0.185 e. The summed E-state index contributed by atoms with van der Waals surface area (Å²) >= 11 is 1.60. The first-order chi connectivity index (χ1) is 7.37. The monoisotopic (exact) mass is 242 g/mol. The van der Waals surface area contributed by atoms with E-state index in [1.54, 1.807) is 11.3 Å². The molecule has 0 aromatic carbocycles. The van der Waals surface area contributed by atoms with Crippen molar-refractivity contribution in [3.05, 3.63) is 10.6 Å². The van der Waals surface area contributed by atoms with Gasteiger partial charge in [0.05, 0.1) is 17.2 Å². The van der Waals surface area contributed by atoms with Crippen LogP contribution in [0.25, 0.3) is 0 Å². The molecule has 0 aliphatic carbocycles. The van der Waals surface area contributed by atoms with Gasteiger partial charge < -0.3 is 10.0 Å². The molecule has 1 rings (SSSR count). The summed E-state index contributed by atoms with van der Waals surface area (Å²) in [5.41, 5.74) is 1.29. The second-order valence-corrected chi connectivity index (χ2v) is 6.36. The fourth-order valence-corrected chi connectivity index (χ4v) is 2.68. The van der Waals surface area contributed by atoms with Crippen LogP contribution in [0.4, 0.5) is 5.13 Å². The molecular formula is C12H22N2OS. The Bertz CT molecular complexity index is 320. The van der Waals surface area contributed by atoms with E-state index in [-0.39, 0.29) is 12.0 Å². The van der Waals surface area contributed by atoms with E-state index >= 15 is 0 Å². The Morgan fingerprint density at radius 3 is 2.38 bits per heavy atom. The molecule has 1 N–H and O–H groups in total. The van der Waals surface area contributed by atoms with E-state index in [9.17, 15) is 5.11 Å². The number of hydrogen-bond donors (Lipinski definition) is 1. The predicted octanol–water partition coefficient (Wildman–Crippen LogP) is 2.68. The fraction of sp³-hybridized carbons (Fsp3) is 0.750. The van der Waals surface area contributed by atoms with Crippen molar-refractivity contribution in [1.29, 1.82) is 0 Å². The maximum atomic E-state index is 9.23. The van der Waals surface area contributed by atoms with Gasteiger partial charge in [-0.3, -0.25) is 0 Å². The van der Waals surface area contributed by atoms with Crippen LogP contribution in [0.1, 0.15) is 38.3 Å². The molecule has 0 spiro atoms. The van der Waals surface area contributed by atoms with Crippen LogP contribution >= 0.6 is 11.3 Å². The van der Waals surface area contributed by atoms with Crippen LogP contribution in [-0.4, -0.2) is 23.7 Å². The first-order valence-corrected chi connectivity index (χ1v) is 6.49. The summed E-state index contributed by atoms with van der Waals surface area (Å²) in [5.74, 6) is 0. The molecule has 1 aromatic heterocycles. The third kappa shape index (κ3) is 3.46. The molecule has 0 amide bonds. The van der Waals surface area contributed by atoms with Crippen molar-refractivity contribution in [2.75, 3.05) is 18.5 Å². The quantitative estimate of drug-likeness (QED) is 0.882. The molecule has 0 unspecified atom stereocenters. The number of anilines is 1. The highest BCUT2D eigenvalue weighted by atomic mass is 32.1. The summed E-state index contributed by atoms with van der Waals surface area (Å²) < 4.78 is 0. The van der Waals surface area contributed by atoms with Crippen molar-refractivity contribution >= 4 is 16.5 Å². The molecule has 1 aromatic rings. The molecule has 0 atom stereocenters. The molecule has 0 saturated carbocycles. The zero-order valence-electron chi connectivity index (χ0n) is 10.9. The van der Waals surface area contributed by atoms with Crippen molar-refractivity contribution in [2.24, 2.45) is 5.41 Å². The molecule has 92 valence electrons. The molecule has 0 aliphatic rings. The Morgan fingerprint density at radius 2 is 2.00 bits per heavy atom. The average Bonchev–Trinajstić information content (AvgIpc) is 2.57. The summed E-state index contributed by atoms with van der Waals surface area (Å²) in [6, 6.07) is 0. The standard InChI is InChI=1S/C12H22N2OS/c1-6-9-10(7-15)16-11(13-9)14(5)8-12(2,3)4/h15H,6-8H2,1-5H3. The lowest BCUT2D eigenvalue weighted by Crippen LogP contribution is -2.28. The Hall–Kier alpha value is -0.610. The molecule has 0 radical (unpaired) electrons. The summed E-state index contributed by atoms with van der Waals surface area (Å²) in [4.78, 5) is 7.74. The topological polar surface area (TPSA) is 36.4 Å². The third-order valence-corrected chi connectivity index (χ3v) is 3.48. The van der Waals surface area contributed by atoms with Crippen LogP contribution in [0.5, 0.6) is 0 Å². The second-order valence-electron chi connectivity index (χ2n) is 5.29. The zero-order chi connectivity index (χ0) is 12.3. The SMILES string of the molecule is CCc1nc(N(C)CC(C)(C)C)sc1CO. The lowest BCUT2D eigenvalue weighted by Gasteiger charge is -2.26. The van der Waals surface area contributed by atoms with E-state index in [0.29, 0.717) is 0 Å². The van der Waals surface area contributed by atoms with Crippen molar-refractivity contribution in [3.8, 4) is 0 Å². The van der Waals surface area contributed by atoms with Gasteiger partial charge in [0.1, 0.15) is 0 Å². The summed E-state index contributed by atoms with van der Waals surface area (Å²) in [7, 11) is 2.06. The summed E-state index contributed by atoms with van der Waals surface area (Å²) in [5, 5.41) is 10.2. The van der Waals surface area contributed by atoms with Crippen LogP contribution < -0.4 is 4.90 Å². The highest BCUT2D eigenvalue weighted by molar-refractivity contribution is 7.15. The molecule has 0 aliphatic heterocycles.